The second kappa shape index (κ2) is 19.2. The third-order valence-corrected chi connectivity index (χ3v) is 4.10. The van der Waals surface area contributed by atoms with Gasteiger partial charge in [0.2, 0.25) is 0 Å². The molecule has 0 bridgehead atoms. The average molecular weight is 416 g/mol. The van der Waals surface area contributed by atoms with Crippen LogP contribution in [-0.4, -0.2) is 13.3 Å². The second-order valence-corrected chi connectivity index (χ2v) is 6.86. The van der Waals surface area contributed by atoms with Gasteiger partial charge >= 0.3 is 0 Å². The first-order valence-electron chi connectivity index (χ1n) is 9.84. The number of halogens is 1. The molecule has 3 aromatic rings. The van der Waals surface area contributed by atoms with Gasteiger partial charge in [-0.15, -0.1) is 11.8 Å². The fourth-order valence-corrected chi connectivity index (χ4v) is 2.67. The monoisotopic (exact) mass is 415 g/mol. The van der Waals surface area contributed by atoms with Gasteiger partial charge in [-0.2, -0.15) is 0 Å². The van der Waals surface area contributed by atoms with Crippen LogP contribution >= 0.6 is 11.8 Å². The van der Waals surface area contributed by atoms with Gasteiger partial charge in [-0.25, -0.2) is 4.39 Å². The molecule has 0 amide bonds. The van der Waals surface area contributed by atoms with Crippen LogP contribution < -0.4 is 5.73 Å². The van der Waals surface area contributed by atoms with E-state index in [0.717, 1.165) is 5.56 Å². The molecular formula is C26H38FNS. The number of hydrogen-bond acceptors (Lipinski definition) is 2. The van der Waals surface area contributed by atoms with Gasteiger partial charge in [0.05, 0.1) is 0 Å². The smallest absolute Gasteiger partial charge is 0.123 e. The Balaban J connectivity index is 0. The Morgan fingerprint density at radius 3 is 1.24 bits per heavy atom. The Labute approximate surface area is 182 Å². The van der Waals surface area contributed by atoms with Crippen LogP contribution in [0, 0.1) is 33.5 Å². The van der Waals surface area contributed by atoms with Crippen molar-refractivity contribution in [2.75, 3.05) is 13.3 Å². The van der Waals surface area contributed by atoms with Gasteiger partial charge in [-0.05, 0) is 70.8 Å². The van der Waals surface area contributed by atoms with Crippen molar-refractivity contribution in [3.8, 4) is 0 Å². The van der Waals surface area contributed by atoms with Crippen LogP contribution in [0.15, 0.2) is 77.7 Å². The minimum absolute atomic E-state index is 0.162. The molecule has 0 heterocycles. The highest BCUT2D eigenvalue weighted by atomic mass is 32.2. The lowest BCUT2D eigenvalue weighted by molar-refractivity contribution is 0.626. The zero-order valence-corrected chi connectivity index (χ0v) is 20.1. The predicted molar refractivity (Wildman–Crippen MR) is 131 cm³/mol. The van der Waals surface area contributed by atoms with Crippen molar-refractivity contribution in [2.24, 2.45) is 5.73 Å². The molecule has 0 atom stereocenters. The molecule has 0 saturated carbocycles. The van der Waals surface area contributed by atoms with Crippen LogP contribution in [0.2, 0.25) is 0 Å². The number of benzene rings is 3. The Hall–Kier alpha value is -2.10. The summed E-state index contributed by atoms with van der Waals surface area (Å²) in [6.07, 6.45) is 2.09. The van der Waals surface area contributed by atoms with E-state index in [-0.39, 0.29) is 5.82 Å². The molecule has 0 fully saturated rings. The Morgan fingerprint density at radius 2 is 1.00 bits per heavy atom. The summed E-state index contributed by atoms with van der Waals surface area (Å²) in [5.41, 5.74) is 9.47. The van der Waals surface area contributed by atoms with E-state index in [0.29, 0.717) is 0 Å². The maximum absolute atomic E-state index is 12.2. The minimum Gasteiger partial charge on any atom is -0.333 e. The van der Waals surface area contributed by atoms with E-state index in [9.17, 15) is 4.39 Å². The van der Waals surface area contributed by atoms with Crippen molar-refractivity contribution in [3.05, 3.63) is 101 Å². The molecule has 160 valence electrons. The second-order valence-electron chi connectivity index (χ2n) is 5.98. The molecule has 2 N–H and O–H groups in total. The molecule has 0 spiro atoms. The van der Waals surface area contributed by atoms with Crippen molar-refractivity contribution in [1.82, 2.24) is 0 Å². The van der Waals surface area contributed by atoms with Crippen molar-refractivity contribution >= 4 is 11.8 Å². The minimum atomic E-state index is -0.162. The first-order valence-corrected chi connectivity index (χ1v) is 11.1. The van der Waals surface area contributed by atoms with E-state index >= 15 is 0 Å². The summed E-state index contributed by atoms with van der Waals surface area (Å²) in [6, 6.07) is 23.5. The molecule has 1 nitrogen and oxygen atoms in total. The third kappa shape index (κ3) is 16.5. The SMILES string of the molecule is CC.CN.CSc1cccc(C)c1.Cc1cccc(C)c1.Cc1cccc(F)c1. The summed E-state index contributed by atoms with van der Waals surface area (Å²) in [6.45, 7) is 12.2. The largest absolute Gasteiger partial charge is 0.333 e. The summed E-state index contributed by atoms with van der Waals surface area (Å²) in [7, 11) is 1.50. The highest BCUT2D eigenvalue weighted by molar-refractivity contribution is 7.98. The normalized spacial score (nSPS) is 8.48. The maximum atomic E-state index is 12.2. The van der Waals surface area contributed by atoms with E-state index in [1.165, 1.54) is 40.8 Å². The van der Waals surface area contributed by atoms with E-state index < -0.39 is 0 Å². The van der Waals surface area contributed by atoms with Gasteiger partial charge in [0.15, 0.2) is 0 Å². The summed E-state index contributed by atoms with van der Waals surface area (Å²) >= 11 is 1.78. The molecule has 0 unspecified atom stereocenters. The molecule has 29 heavy (non-hydrogen) atoms. The number of hydrogen-bond donors (Lipinski definition) is 1. The maximum Gasteiger partial charge on any atom is 0.123 e. The molecular weight excluding hydrogens is 377 g/mol. The lowest BCUT2D eigenvalue weighted by atomic mass is 10.2. The fraction of sp³-hybridized carbons (Fsp3) is 0.308. The van der Waals surface area contributed by atoms with E-state index in [1.54, 1.807) is 17.8 Å². The fourth-order valence-electron chi connectivity index (χ4n) is 2.15. The van der Waals surface area contributed by atoms with Gasteiger partial charge in [0, 0.05) is 4.90 Å². The number of rotatable bonds is 1. The Bertz CT molecular complexity index is 694. The first kappa shape index (κ1) is 29.1. The van der Waals surface area contributed by atoms with Gasteiger partial charge in [0.25, 0.3) is 0 Å². The van der Waals surface area contributed by atoms with Gasteiger partial charge in [0.1, 0.15) is 5.82 Å². The van der Waals surface area contributed by atoms with Crippen molar-refractivity contribution in [1.29, 1.82) is 0 Å². The molecule has 3 rings (SSSR count). The summed E-state index contributed by atoms with van der Waals surface area (Å²) in [5, 5.41) is 0. The van der Waals surface area contributed by atoms with E-state index in [2.05, 4.69) is 81.3 Å². The molecule has 0 radical (unpaired) electrons. The molecule has 0 aliphatic carbocycles. The molecule has 3 aromatic carbocycles. The van der Waals surface area contributed by atoms with Crippen molar-refractivity contribution < 1.29 is 4.39 Å². The van der Waals surface area contributed by atoms with Gasteiger partial charge in [-0.1, -0.05) is 79.1 Å². The van der Waals surface area contributed by atoms with Crippen molar-refractivity contribution in [2.45, 2.75) is 46.4 Å². The van der Waals surface area contributed by atoms with E-state index in [1.807, 2.05) is 26.8 Å². The van der Waals surface area contributed by atoms with Crippen LogP contribution in [0.3, 0.4) is 0 Å². The first-order chi connectivity index (χ1) is 13.9. The van der Waals surface area contributed by atoms with Gasteiger partial charge in [-0.3, -0.25) is 0 Å². The lowest BCUT2D eigenvalue weighted by Gasteiger charge is -1.94. The molecule has 0 aliphatic rings. The zero-order chi connectivity index (χ0) is 22.7. The number of nitrogens with two attached hydrogens (primary N) is 1. The Morgan fingerprint density at radius 1 is 0.621 bits per heavy atom. The summed E-state index contributed by atoms with van der Waals surface area (Å²) < 4.78 is 12.2. The zero-order valence-electron chi connectivity index (χ0n) is 19.3. The number of thioether (sulfide) groups is 1. The summed E-state index contributed by atoms with van der Waals surface area (Å²) in [5.74, 6) is -0.162. The van der Waals surface area contributed by atoms with Crippen molar-refractivity contribution in [3.63, 3.8) is 0 Å². The topological polar surface area (TPSA) is 26.0 Å². The van der Waals surface area contributed by atoms with Crippen LogP contribution in [0.5, 0.6) is 0 Å². The predicted octanol–water partition coefficient (Wildman–Crippen LogP) is 7.76. The van der Waals surface area contributed by atoms with E-state index in [4.69, 9.17) is 0 Å². The van der Waals surface area contributed by atoms with Crippen LogP contribution in [0.4, 0.5) is 4.39 Å². The molecule has 3 heteroatoms. The van der Waals surface area contributed by atoms with Crippen LogP contribution in [0.25, 0.3) is 0 Å². The lowest BCUT2D eigenvalue weighted by Crippen LogP contribution is -1.72. The van der Waals surface area contributed by atoms with Crippen LogP contribution in [0.1, 0.15) is 36.1 Å². The Kier molecular flexibility index (Phi) is 19.3. The highest BCUT2D eigenvalue weighted by Gasteiger charge is 1.86. The average Bonchev–Trinajstić information content (AvgIpc) is 2.72. The standard InChI is InChI=1S/C8H10S.C8H10.C7H7F.C2H6.CH5N/c1-7-4-3-5-8(6-7)9-2;1-7-4-3-5-8(2)6-7;1-6-3-2-4-7(8)5-6;2*1-2/h3-6H,1-2H3;3-6H,1-2H3;2-5H,1H3;1-2H3;2H2,1H3. The molecule has 0 saturated heterocycles. The highest BCUT2D eigenvalue weighted by Crippen LogP contribution is 2.14. The third-order valence-electron chi connectivity index (χ3n) is 3.38. The summed E-state index contributed by atoms with van der Waals surface area (Å²) in [4.78, 5) is 1.34. The van der Waals surface area contributed by atoms with Crippen LogP contribution in [-0.2, 0) is 0 Å². The quantitative estimate of drug-likeness (QED) is 0.411. The number of aryl methyl sites for hydroxylation is 4. The molecule has 0 aliphatic heterocycles. The molecule has 0 aromatic heterocycles. The van der Waals surface area contributed by atoms with Gasteiger partial charge < -0.3 is 5.73 Å².